The van der Waals surface area contributed by atoms with Gasteiger partial charge in [0.15, 0.2) is 0 Å². The standard InChI is InChI=1S/C16H18FN3O2.ClH/c1-9-4-5-18-8-14(9)20-16(22)12-7-15(21)19-13-6-10(17)2-3-11(12)13;/h2-3,6-7,9,14,18H,4-5,8H2,1H3,(H,19,21)(H,20,22);1H. The lowest BCUT2D eigenvalue weighted by Crippen LogP contribution is -2.50. The summed E-state index contributed by atoms with van der Waals surface area (Å²) < 4.78 is 13.3. The molecular formula is C16H19ClFN3O2. The molecule has 0 bridgehead atoms. The van der Waals surface area contributed by atoms with Gasteiger partial charge in [0, 0.05) is 24.0 Å². The van der Waals surface area contributed by atoms with Crippen LogP contribution in [0.25, 0.3) is 10.9 Å². The molecule has 5 nitrogen and oxygen atoms in total. The predicted octanol–water partition coefficient (Wildman–Crippen LogP) is 1.82. The first-order valence-electron chi connectivity index (χ1n) is 7.39. The normalized spacial score (nSPS) is 20.8. The highest BCUT2D eigenvalue weighted by atomic mass is 35.5. The third-order valence-electron chi connectivity index (χ3n) is 4.19. The summed E-state index contributed by atoms with van der Waals surface area (Å²) in [5.41, 5.74) is 0.182. The molecule has 1 aliphatic heterocycles. The number of hydrogen-bond acceptors (Lipinski definition) is 3. The number of pyridine rings is 1. The molecule has 2 aromatic rings. The first-order valence-corrected chi connectivity index (χ1v) is 7.39. The number of amides is 1. The van der Waals surface area contributed by atoms with Gasteiger partial charge in [0.25, 0.3) is 5.91 Å². The lowest BCUT2D eigenvalue weighted by Gasteiger charge is -2.30. The fraction of sp³-hybridized carbons (Fsp3) is 0.375. The zero-order chi connectivity index (χ0) is 15.7. The maximum Gasteiger partial charge on any atom is 0.252 e. The molecule has 3 rings (SSSR count). The van der Waals surface area contributed by atoms with Crippen molar-refractivity contribution >= 4 is 29.2 Å². The van der Waals surface area contributed by atoms with E-state index in [4.69, 9.17) is 0 Å². The van der Waals surface area contributed by atoms with Gasteiger partial charge in [0.1, 0.15) is 5.82 Å². The van der Waals surface area contributed by atoms with E-state index in [-0.39, 0.29) is 29.9 Å². The molecule has 124 valence electrons. The number of nitrogens with one attached hydrogen (secondary N) is 3. The lowest BCUT2D eigenvalue weighted by atomic mass is 9.94. The zero-order valence-corrected chi connectivity index (χ0v) is 13.5. The van der Waals surface area contributed by atoms with Crippen LogP contribution in [0.1, 0.15) is 23.7 Å². The van der Waals surface area contributed by atoms with Gasteiger partial charge < -0.3 is 15.6 Å². The van der Waals surface area contributed by atoms with Gasteiger partial charge in [-0.05, 0) is 37.1 Å². The number of aromatic amines is 1. The smallest absolute Gasteiger partial charge is 0.252 e. The Labute approximate surface area is 139 Å². The third kappa shape index (κ3) is 3.71. The number of benzene rings is 1. The minimum Gasteiger partial charge on any atom is -0.348 e. The Morgan fingerprint density at radius 1 is 1.35 bits per heavy atom. The molecule has 1 amide bonds. The van der Waals surface area contributed by atoms with Crippen LogP contribution in [0.3, 0.4) is 0 Å². The second-order valence-electron chi connectivity index (χ2n) is 5.79. The monoisotopic (exact) mass is 339 g/mol. The average molecular weight is 340 g/mol. The van der Waals surface area contributed by atoms with Crippen LogP contribution in [0.15, 0.2) is 29.1 Å². The molecule has 1 saturated heterocycles. The van der Waals surface area contributed by atoms with Crippen LogP contribution < -0.4 is 16.2 Å². The van der Waals surface area contributed by atoms with E-state index in [0.29, 0.717) is 23.4 Å². The molecule has 0 spiro atoms. The van der Waals surface area contributed by atoms with E-state index < -0.39 is 11.4 Å². The van der Waals surface area contributed by atoms with Crippen molar-refractivity contribution in [3.8, 4) is 0 Å². The van der Waals surface area contributed by atoms with Gasteiger partial charge in [0.2, 0.25) is 5.56 Å². The molecule has 3 N–H and O–H groups in total. The summed E-state index contributed by atoms with van der Waals surface area (Å²) in [4.78, 5) is 26.8. The summed E-state index contributed by atoms with van der Waals surface area (Å²) in [7, 11) is 0. The van der Waals surface area contributed by atoms with Gasteiger partial charge in [-0.15, -0.1) is 12.4 Å². The highest BCUT2D eigenvalue weighted by Gasteiger charge is 2.24. The van der Waals surface area contributed by atoms with Crippen LogP contribution in [-0.2, 0) is 0 Å². The zero-order valence-electron chi connectivity index (χ0n) is 12.7. The molecular weight excluding hydrogens is 321 g/mol. The minimum absolute atomic E-state index is 0. The van der Waals surface area contributed by atoms with Crippen molar-refractivity contribution in [2.24, 2.45) is 5.92 Å². The predicted molar refractivity (Wildman–Crippen MR) is 89.7 cm³/mol. The van der Waals surface area contributed by atoms with Gasteiger partial charge >= 0.3 is 0 Å². The maximum atomic E-state index is 13.3. The SMILES string of the molecule is CC1CCNCC1NC(=O)c1cc(=O)[nH]c2cc(F)ccc12.Cl. The second-order valence-corrected chi connectivity index (χ2v) is 5.79. The van der Waals surface area contributed by atoms with Crippen molar-refractivity contribution < 1.29 is 9.18 Å². The van der Waals surface area contributed by atoms with Crippen molar-refractivity contribution in [2.45, 2.75) is 19.4 Å². The topological polar surface area (TPSA) is 74.0 Å². The van der Waals surface area contributed by atoms with Crippen molar-refractivity contribution in [2.75, 3.05) is 13.1 Å². The number of halogens is 2. The molecule has 1 aromatic heterocycles. The molecule has 0 saturated carbocycles. The summed E-state index contributed by atoms with van der Waals surface area (Å²) >= 11 is 0. The molecule has 2 heterocycles. The minimum atomic E-state index is -0.453. The molecule has 1 fully saturated rings. The number of hydrogen-bond donors (Lipinski definition) is 3. The Hall–Kier alpha value is -1.92. The quantitative estimate of drug-likeness (QED) is 0.781. The first-order chi connectivity index (χ1) is 10.5. The van der Waals surface area contributed by atoms with Gasteiger partial charge in [-0.1, -0.05) is 6.92 Å². The number of carbonyl (C=O) groups is 1. The molecule has 7 heteroatoms. The maximum absolute atomic E-state index is 13.3. The van der Waals surface area contributed by atoms with E-state index in [9.17, 15) is 14.0 Å². The molecule has 0 radical (unpaired) electrons. The number of carbonyl (C=O) groups excluding carboxylic acids is 1. The van der Waals surface area contributed by atoms with Gasteiger partial charge in [-0.25, -0.2) is 4.39 Å². The molecule has 23 heavy (non-hydrogen) atoms. The van der Waals surface area contributed by atoms with Crippen LogP contribution in [0.4, 0.5) is 4.39 Å². The van der Waals surface area contributed by atoms with Crippen LogP contribution in [0.2, 0.25) is 0 Å². The van der Waals surface area contributed by atoms with Gasteiger partial charge in [-0.3, -0.25) is 9.59 Å². The van der Waals surface area contributed by atoms with Crippen molar-refractivity contribution in [3.05, 3.63) is 46.0 Å². The largest absolute Gasteiger partial charge is 0.348 e. The summed E-state index contributed by atoms with van der Waals surface area (Å²) in [6.07, 6.45) is 0.992. The van der Waals surface area contributed by atoms with Crippen molar-refractivity contribution in [3.63, 3.8) is 0 Å². The number of rotatable bonds is 2. The molecule has 0 aliphatic carbocycles. The lowest BCUT2D eigenvalue weighted by molar-refractivity contribution is 0.0916. The Bertz CT molecular complexity index is 777. The third-order valence-corrected chi connectivity index (χ3v) is 4.19. The van der Waals surface area contributed by atoms with E-state index in [2.05, 4.69) is 22.5 Å². The van der Waals surface area contributed by atoms with Crippen LogP contribution >= 0.6 is 12.4 Å². The number of fused-ring (bicyclic) bond motifs is 1. The van der Waals surface area contributed by atoms with E-state index in [1.54, 1.807) is 0 Å². The Kier molecular flexibility index (Phi) is 5.38. The van der Waals surface area contributed by atoms with E-state index >= 15 is 0 Å². The molecule has 2 unspecified atom stereocenters. The summed E-state index contributed by atoms with van der Waals surface area (Å²) in [5.74, 6) is -0.384. The summed E-state index contributed by atoms with van der Waals surface area (Å²) in [5, 5.41) is 6.75. The van der Waals surface area contributed by atoms with Crippen molar-refractivity contribution in [1.82, 2.24) is 15.6 Å². The average Bonchev–Trinajstić information content (AvgIpc) is 2.48. The molecule has 1 aromatic carbocycles. The Morgan fingerprint density at radius 3 is 2.87 bits per heavy atom. The fourth-order valence-corrected chi connectivity index (χ4v) is 2.85. The van der Waals surface area contributed by atoms with E-state index in [1.165, 1.54) is 24.3 Å². The number of aromatic nitrogens is 1. The van der Waals surface area contributed by atoms with E-state index in [0.717, 1.165) is 13.0 Å². The van der Waals surface area contributed by atoms with Crippen LogP contribution in [0.5, 0.6) is 0 Å². The Morgan fingerprint density at radius 2 is 2.13 bits per heavy atom. The van der Waals surface area contributed by atoms with Gasteiger partial charge in [0.05, 0.1) is 11.1 Å². The summed E-state index contributed by atoms with van der Waals surface area (Å²) in [6, 6.07) is 5.30. The van der Waals surface area contributed by atoms with E-state index in [1.807, 2.05) is 0 Å². The number of piperidine rings is 1. The second kappa shape index (κ2) is 7.10. The van der Waals surface area contributed by atoms with Crippen molar-refractivity contribution in [1.29, 1.82) is 0 Å². The Balaban J connectivity index is 0.00000192. The van der Waals surface area contributed by atoms with Crippen LogP contribution in [0, 0.1) is 11.7 Å². The van der Waals surface area contributed by atoms with Gasteiger partial charge in [-0.2, -0.15) is 0 Å². The van der Waals surface area contributed by atoms with Crippen LogP contribution in [-0.4, -0.2) is 30.0 Å². The number of H-pyrrole nitrogens is 1. The molecule has 1 aliphatic rings. The first kappa shape index (κ1) is 17.4. The molecule has 2 atom stereocenters. The summed E-state index contributed by atoms with van der Waals surface area (Å²) in [6.45, 7) is 3.75. The fourth-order valence-electron chi connectivity index (χ4n) is 2.85. The highest BCUT2D eigenvalue weighted by molar-refractivity contribution is 6.06. The highest BCUT2D eigenvalue weighted by Crippen LogP contribution is 2.18.